The molecule has 0 fully saturated rings. The van der Waals surface area contributed by atoms with E-state index in [9.17, 15) is 13.5 Å². The maximum Gasteiger partial charge on any atom is 0.244 e. The number of aromatic hydroxyl groups is 1. The predicted molar refractivity (Wildman–Crippen MR) is 74.7 cm³/mol. The van der Waals surface area contributed by atoms with E-state index in [0.717, 1.165) is 17.7 Å². The van der Waals surface area contributed by atoms with Gasteiger partial charge in [-0.2, -0.15) is 5.10 Å². The molecule has 0 aliphatic rings. The molecular formula is C13H17N3O3S. The Hall–Kier alpha value is -1.86. The smallest absolute Gasteiger partial charge is 0.244 e. The fourth-order valence-corrected chi connectivity index (χ4v) is 3.07. The molecule has 0 amide bonds. The lowest BCUT2D eigenvalue weighted by molar-refractivity contribution is 0.458. The third-order valence-corrected chi connectivity index (χ3v) is 4.38. The highest BCUT2D eigenvalue weighted by Gasteiger charge is 2.18. The van der Waals surface area contributed by atoms with Crippen molar-refractivity contribution < 1.29 is 13.5 Å². The standard InChI is InChI=1S/C13H17N3O3S/c1-3-11-10(9-16(2)15-11)8-14-20(18,19)13-7-5-4-6-12(13)17/h4-7,9,14,17H,3,8H2,1-2H3. The number of phenolic OH excluding ortho intramolecular Hbond substituents is 1. The number of aryl methyl sites for hydroxylation is 2. The number of rotatable bonds is 5. The summed E-state index contributed by atoms with van der Waals surface area (Å²) in [4.78, 5) is -0.123. The SMILES string of the molecule is CCc1nn(C)cc1CNS(=O)(=O)c1ccccc1O. The topological polar surface area (TPSA) is 84.2 Å². The van der Waals surface area contributed by atoms with E-state index in [1.54, 1.807) is 30.1 Å². The zero-order valence-electron chi connectivity index (χ0n) is 11.4. The Bertz CT molecular complexity index is 707. The molecule has 1 aromatic heterocycles. The number of nitrogens with one attached hydrogen (secondary N) is 1. The number of hydrogen-bond donors (Lipinski definition) is 2. The fourth-order valence-electron chi connectivity index (χ4n) is 1.96. The van der Waals surface area contributed by atoms with Crippen molar-refractivity contribution in [2.24, 2.45) is 7.05 Å². The lowest BCUT2D eigenvalue weighted by Crippen LogP contribution is -2.23. The molecule has 2 N–H and O–H groups in total. The molecule has 0 spiro atoms. The molecule has 6 nitrogen and oxygen atoms in total. The Morgan fingerprint density at radius 2 is 2.05 bits per heavy atom. The summed E-state index contributed by atoms with van der Waals surface area (Å²) in [5.41, 5.74) is 1.68. The van der Waals surface area contributed by atoms with Crippen LogP contribution in [0.3, 0.4) is 0 Å². The third-order valence-electron chi connectivity index (χ3n) is 2.93. The number of hydrogen-bond acceptors (Lipinski definition) is 4. The van der Waals surface area contributed by atoms with Gasteiger partial charge in [-0.3, -0.25) is 4.68 Å². The second kappa shape index (κ2) is 5.64. The summed E-state index contributed by atoms with van der Waals surface area (Å²) >= 11 is 0. The van der Waals surface area contributed by atoms with Crippen LogP contribution in [0.25, 0.3) is 0 Å². The molecule has 0 aliphatic carbocycles. The maximum atomic E-state index is 12.1. The summed E-state index contributed by atoms with van der Waals surface area (Å²) in [5.74, 6) is -0.262. The van der Waals surface area contributed by atoms with Gasteiger partial charge in [-0.15, -0.1) is 0 Å². The molecular weight excluding hydrogens is 278 g/mol. The van der Waals surface area contributed by atoms with E-state index in [1.807, 2.05) is 6.92 Å². The van der Waals surface area contributed by atoms with Crippen LogP contribution in [0.2, 0.25) is 0 Å². The monoisotopic (exact) mass is 295 g/mol. The maximum absolute atomic E-state index is 12.1. The minimum Gasteiger partial charge on any atom is -0.507 e. The number of para-hydroxylation sites is 1. The minimum atomic E-state index is -3.74. The Morgan fingerprint density at radius 1 is 1.35 bits per heavy atom. The normalized spacial score (nSPS) is 11.7. The van der Waals surface area contributed by atoms with Gasteiger partial charge in [0.05, 0.1) is 5.69 Å². The number of nitrogens with zero attached hydrogens (tertiary/aromatic N) is 2. The molecule has 1 aromatic carbocycles. The van der Waals surface area contributed by atoms with Crippen LogP contribution in [0.1, 0.15) is 18.2 Å². The molecule has 20 heavy (non-hydrogen) atoms. The summed E-state index contributed by atoms with van der Waals surface area (Å²) in [7, 11) is -1.95. The Balaban J connectivity index is 2.20. The molecule has 0 saturated carbocycles. The number of benzene rings is 1. The minimum absolute atomic E-state index is 0.123. The van der Waals surface area contributed by atoms with Crippen LogP contribution < -0.4 is 4.72 Å². The van der Waals surface area contributed by atoms with Gasteiger partial charge in [0.15, 0.2) is 0 Å². The largest absolute Gasteiger partial charge is 0.507 e. The molecule has 0 aliphatic heterocycles. The average molecular weight is 295 g/mol. The first-order valence-electron chi connectivity index (χ1n) is 6.23. The van der Waals surface area contributed by atoms with Gasteiger partial charge >= 0.3 is 0 Å². The van der Waals surface area contributed by atoms with Crippen molar-refractivity contribution in [3.05, 3.63) is 41.7 Å². The molecule has 2 rings (SSSR count). The van der Waals surface area contributed by atoms with Crippen molar-refractivity contribution in [3.8, 4) is 5.75 Å². The van der Waals surface area contributed by atoms with Gasteiger partial charge in [0.2, 0.25) is 10.0 Å². The van der Waals surface area contributed by atoms with Crippen molar-refractivity contribution in [3.63, 3.8) is 0 Å². The van der Waals surface area contributed by atoms with E-state index < -0.39 is 10.0 Å². The highest BCUT2D eigenvalue weighted by Crippen LogP contribution is 2.21. The van der Waals surface area contributed by atoms with Crippen molar-refractivity contribution in [1.82, 2.24) is 14.5 Å². The Labute approximate surface area is 118 Å². The van der Waals surface area contributed by atoms with E-state index in [-0.39, 0.29) is 17.2 Å². The Morgan fingerprint density at radius 3 is 2.70 bits per heavy atom. The zero-order chi connectivity index (χ0) is 14.8. The third kappa shape index (κ3) is 3.00. The molecule has 1 heterocycles. The highest BCUT2D eigenvalue weighted by molar-refractivity contribution is 7.89. The van der Waals surface area contributed by atoms with Gasteiger partial charge in [-0.1, -0.05) is 19.1 Å². The zero-order valence-corrected chi connectivity index (χ0v) is 12.2. The van der Waals surface area contributed by atoms with Crippen LogP contribution in [0.15, 0.2) is 35.4 Å². The fraction of sp³-hybridized carbons (Fsp3) is 0.308. The quantitative estimate of drug-likeness (QED) is 0.867. The van der Waals surface area contributed by atoms with E-state index in [1.165, 1.54) is 12.1 Å². The summed E-state index contributed by atoms with van der Waals surface area (Å²) in [6.45, 7) is 2.11. The van der Waals surface area contributed by atoms with Crippen LogP contribution in [0.5, 0.6) is 5.75 Å². The van der Waals surface area contributed by atoms with Crippen molar-refractivity contribution >= 4 is 10.0 Å². The first-order valence-corrected chi connectivity index (χ1v) is 7.71. The van der Waals surface area contributed by atoms with E-state index >= 15 is 0 Å². The lowest BCUT2D eigenvalue weighted by atomic mass is 10.2. The van der Waals surface area contributed by atoms with E-state index in [4.69, 9.17) is 0 Å². The number of aromatic nitrogens is 2. The van der Waals surface area contributed by atoms with Gasteiger partial charge < -0.3 is 5.11 Å². The number of phenols is 1. The molecule has 2 aromatic rings. The summed E-state index contributed by atoms with van der Waals surface area (Å²) in [6, 6.07) is 5.85. The van der Waals surface area contributed by atoms with Gasteiger partial charge in [-0.25, -0.2) is 13.1 Å². The van der Waals surface area contributed by atoms with Gasteiger partial charge in [0.1, 0.15) is 10.6 Å². The number of sulfonamides is 1. The Kier molecular flexibility index (Phi) is 4.10. The van der Waals surface area contributed by atoms with E-state index in [2.05, 4.69) is 9.82 Å². The summed E-state index contributed by atoms with van der Waals surface area (Å²) in [6.07, 6.45) is 2.51. The lowest BCUT2D eigenvalue weighted by Gasteiger charge is -2.07. The van der Waals surface area contributed by atoms with Crippen molar-refractivity contribution in [1.29, 1.82) is 0 Å². The second-order valence-electron chi connectivity index (χ2n) is 4.42. The average Bonchev–Trinajstić information content (AvgIpc) is 2.77. The summed E-state index contributed by atoms with van der Waals surface area (Å²) < 4.78 is 28.4. The molecule has 0 atom stereocenters. The molecule has 108 valence electrons. The molecule has 0 radical (unpaired) electrons. The van der Waals surface area contributed by atoms with Crippen LogP contribution in [-0.2, 0) is 30.0 Å². The predicted octanol–water partition coefficient (Wildman–Crippen LogP) is 1.17. The van der Waals surface area contributed by atoms with Crippen LogP contribution in [0, 0.1) is 0 Å². The van der Waals surface area contributed by atoms with Crippen molar-refractivity contribution in [2.75, 3.05) is 0 Å². The van der Waals surface area contributed by atoms with Gasteiger partial charge in [-0.05, 0) is 18.6 Å². The molecule has 0 unspecified atom stereocenters. The first-order chi connectivity index (χ1) is 9.44. The van der Waals surface area contributed by atoms with E-state index in [0.29, 0.717) is 0 Å². The molecule has 7 heteroatoms. The first kappa shape index (κ1) is 14.5. The van der Waals surface area contributed by atoms with Crippen molar-refractivity contribution in [2.45, 2.75) is 24.8 Å². The van der Waals surface area contributed by atoms with Gasteiger partial charge in [0.25, 0.3) is 0 Å². The second-order valence-corrected chi connectivity index (χ2v) is 6.16. The molecule has 0 bridgehead atoms. The van der Waals surface area contributed by atoms with Gasteiger partial charge in [0, 0.05) is 25.4 Å². The molecule has 0 saturated heterocycles. The van der Waals surface area contributed by atoms with Crippen LogP contribution in [-0.4, -0.2) is 23.3 Å². The van der Waals surface area contributed by atoms with Crippen LogP contribution >= 0.6 is 0 Å². The van der Waals surface area contributed by atoms with Crippen LogP contribution in [0.4, 0.5) is 0 Å². The summed E-state index contributed by atoms with van der Waals surface area (Å²) in [5, 5.41) is 13.9. The highest BCUT2D eigenvalue weighted by atomic mass is 32.2.